The fourth-order valence-corrected chi connectivity index (χ4v) is 1.35. The molecule has 1 rings (SSSR count). The number of carboxylic acids is 2. The number of rotatable bonds is 4. The van der Waals surface area contributed by atoms with E-state index in [0.29, 0.717) is 0 Å². The Kier molecular flexibility index (Phi) is 6.03. The molecule has 0 heterocycles. The summed E-state index contributed by atoms with van der Waals surface area (Å²) in [4.78, 5) is 21.7. The molecule has 0 aromatic heterocycles. The molecule has 0 radical (unpaired) electrons. The van der Waals surface area contributed by atoms with E-state index in [1.807, 2.05) is 0 Å². The number of hydrogen-bond donors (Lipinski definition) is 2. The third-order valence-electron chi connectivity index (χ3n) is 1.99. The summed E-state index contributed by atoms with van der Waals surface area (Å²) >= 11 is 0. The predicted molar refractivity (Wildman–Crippen MR) is 55.4 cm³/mol. The molecule has 2 N–H and O–H groups in total. The molecule has 4 nitrogen and oxygen atoms in total. The Hall–Kier alpha value is -1.10. The summed E-state index contributed by atoms with van der Waals surface area (Å²) in [5.41, 5.74) is 0.303. The van der Waals surface area contributed by atoms with Crippen molar-refractivity contribution in [2.75, 3.05) is 0 Å². The molecule has 0 bridgehead atoms. The third-order valence-corrected chi connectivity index (χ3v) is 1.99. The Balaban J connectivity index is 0. The van der Waals surface area contributed by atoms with Gasteiger partial charge in [0.1, 0.15) is 0 Å². The van der Waals surface area contributed by atoms with Gasteiger partial charge in [-0.3, -0.25) is 0 Å². The maximum atomic E-state index is 10.8. The SMILES string of the molecule is C=CCc1c(C(=O)O)cccc1C(=O)O.[H-].[Na+]. The average molecular weight is 230 g/mol. The van der Waals surface area contributed by atoms with E-state index in [0.717, 1.165) is 0 Å². The van der Waals surface area contributed by atoms with E-state index >= 15 is 0 Å². The van der Waals surface area contributed by atoms with E-state index in [1.165, 1.54) is 24.3 Å². The fourth-order valence-electron chi connectivity index (χ4n) is 1.35. The molecule has 1 aromatic rings. The van der Waals surface area contributed by atoms with Crippen LogP contribution in [-0.2, 0) is 6.42 Å². The van der Waals surface area contributed by atoms with Crippen LogP contribution in [0.3, 0.4) is 0 Å². The number of benzene rings is 1. The number of allylic oxidation sites excluding steroid dienone is 1. The molecule has 0 aliphatic heterocycles. The van der Waals surface area contributed by atoms with Crippen LogP contribution in [0, 0.1) is 0 Å². The van der Waals surface area contributed by atoms with Gasteiger partial charge in [0.05, 0.1) is 11.1 Å². The summed E-state index contributed by atoms with van der Waals surface area (Å²) in [5, 5.41) is 17.7. The maximum Gasteiger partial charge on any atom is 1.00 e. The third kappa shape index (κ3) is 3.20. The second-order valence-electron chi connectivity index (χ2n) is 2.93. The summed E-state index contributed by atoms with van der Waals surface area (Å²) in [6.07, 6.45) is 1.71. The minimum absolute atomic E-state index is 0. The van der Waals surface area contributed by atoms with E-state index < -0.39 is 11.9 Å². The molecule has 0 spiro atoms. The molecule has 0 saturated heterocycles. The summed E-state index contributed by atoms with van der Waals surface area (Å²) in [6.45, 7) is 3.47. The molecule has 5 heteroatoms. The van der Waals surface area contributed by atoms with Crippen LogP contribution in [0.15, 0.2) is 30.9 Å². The number of carboxylic acid groups (broad SMARTS) is 2. The molecule has 0 aliphatic carbocycles. The molecule has 16 heavy (non-hydrogen) atoms. The van der Waals surface area contributed by atoms with Gasteiger partial charge in [0, 0.05) is 0 Å². The first-order valence-electron chi connectivity index (χ1n) is 4.27. The first kappa shape index (κ1) is 14.9. The van der Waals surface area contributed by atoms with E-state index in [2.05, 4.69) is 6.58 Å². The molecule has 0 aliphatic rings. The van der Waals surface area contributed by atoms with Gasteiger partial charge in [0.25, 0.3) is 0 Å². The van der Waals surface area contributed by atoms with E-state index in [4.69, 9.17) is 10.2 Å². The fraction of sp³-hybridized carbons (Fsp3) is 0.0909. The van der Waals surface area contributed by atoms with Crippen LogP contribution in [0.4, 0.5) is 0 Å². The van der Waals surface area contributed by atoms with Crippen LogP contribution < -0.4 is 29.6 Å². The molecule has 1 aromatic carbocycles. The van der Waals surface area contributed by atoms with Crippen LogP contribution in [0.5, 0.6) is 0 Å². The van der Waals surface area contributed by atoms with Gasteiger partial charge in [-0.25, -0.2) is 9.59 Å². The van der Waals surface area contributed by atoms with Crippen molar-refractivity contribution < 1.29 is 50.8 Å². The van der Waals surface area contributed by atoms with Crippen LogP contribution in [0.25, 0.3) is 0 Å². The summed E-state index contributed by atoms with van der Waals surface area (Å²) < 4.78 is 0. The topological polar surface area (TPSA) is 74.6 Å². The number of hydrogen-bond acceptors (Lipinski definition) is 2. The van der Waals surface area contributed by atoms with Gasteiger partial charge in [-0.2, -0.15) is 0 Å². The zero-order valence-corrected chi connectivity index (χ0v) is 10.9. The molecule has 0 unspecified atom stereocenters. The predicted octanol–water partition coefficient (Wildman–Crippen LogP) is -1.07. The van der Waals surface area contributed by atoms with Crippen molar-refractivity contribution in [3.8, 4) is 0 Å². The first-order chi connectivity index (χ1) is 7.07. The first-order valence-corrected chi connectivity index (χ1v) is 4.27. The zero-order chi connectivity index (χ0) is 11.4. The maximum absolute atomic E-state index is 10.8. The normalized spacial score (nSPS) is 9.00. The van der Waals surface area contributed by atoms with E-state index in [1.54, 1.807) is 0 Å². The number of aromatic carboxylic acids is 2. The van der Waals surface area contributed by atoms with Gasteiger partial charge in [-0.1, -0.05) is 12.1 Å². The van der Waals surface area contributed by atoms with Crippen molar-refractivity contribution in [3.63, 3.8) is 0 Å². The monoisotopic (exact) mass is 230 g/mol. The Morgan fingerprint density at radius 2 is 1.69 bits per heavy atom. The van der Waals surface area contributed by atoms with Crippen molar-refractivity contribution in [2.24, 2.45) is 0 Å². The Bertz CT molecular complexity index is 399. The standard InChI is InChI=1S/C11H10O4.Na.H/c1-2-4-7-8(10(12)13)5-3-6-9(7)11(14)15;;/h2-3,5-6H,1,4H2,(H,12,13)(H,14,15);;/q;+1;-1. The van der Waals surface area contributed by atoms with Gasteiger partial charge in [0.15, 0.2) is 0 Å². The van der Waals surface area contributed by atoms with Crippen molar-refractivity contribution in [1.29, 1.82) is 0 Å². The molecule has 0 amide bonds. The smallest absolute Gasteiger partial charge is 1.00 e. The second-order valence-corrected chi connectivity index (χ2v) is 2.93. The van der Waals surface area contributed by atoms with E-state index in [9.17, 15) is 9.59 Å². The molecule has 80 valence electrons. The van der Waals surface area contributed by atoms with Crippen LogP contribution in [0.1, 0.15) is 27.7 Å². The number of carbonyl (C=O) groups is 2. The second kappa shape index (κ2) is 6.48. The van der Waals surface area contributed by atoms with Gasteiger partial charge >= 0.3 is 41.5 Å². The van der Waals surface area contributed by atoms with Gasteiger partial charge < -0.3 is 11.6 Å². The van der Waals surface area contributed by atoms with Crippen molar-refractivity contribution in [3.05, 3.63) is 47.5 Å². The average Bonchev–Trinajstić information content (AvgIpc) is 2.17. The van der Waals surface area contributed by atoms with Gasteiger partial charge in [-0.05, 0) is 24.1 Å². The van der Waals surface area contributed by atoms with Crippen molar-refractivity contribution in [2.45, 2.75) is 6.42 Å². The van der Waals surface area contributed by atoms with Crippen molar-refractivity contribution in [1.82, 2.24) is 0 Å². The molecule has 0 fully saturated rings. The van der Waals surface area contributed by atoms with Crippen LogP contribution >= 0.6 is 0 Å². The van der Waals surface area contributed by atoms with Gasteiger partial charge in [-0.15, -0.1) is 6.58 Å². The molecular formula is C11H11NaO4. The Morgan fingerprint density at radius 3 is 2.00 bits per heavy atom. The summed E-state index contributed by atoms with van der Waals surface area (Å²) in [5.74, 6) is -2.26. The van der Waals surface area contributed by atoms with E-state index in [-0.39, 0.29) is 54.1 Å². The Morgan fingerprint density at radius 1 is 1.25 bits per heavy atom. The minimum atomic E-state index is -1.13. The van der Waals surface area contributed by atoms with Crippen LogP contribution in [0.2, 0.25) is 0 Å². The largest absolute Gasteiger partial charge is 1.00 e. The molecule has 0 saturated carbocycles. The summed E-state index contributed by atoms with van der Waals surface area (Å²) in [6, 6.07) is 4.18. The van der Waals surface area contributed by atoms with Crippen molar-refractivity contribution >= 4 is 11.9 Å². The van der Waals surface area contributed by atoms with Gasteiger partial charge in [0.2, 0.25) is 0 Å². The molecular weight excluding hydrogens is 219 g/mol. The molecule has 0 atom stereocenters. The minimum Gasteiger partial charge on any atom is -1.00 e. The summed E-state index contributed by atoms with van der Waals surface area (Å²) in [7, 11) is 0. The zero-order valence-electron chi connectivity index (χ0n) is 9.93. The quantitative estimate of drug-likeness (QED) is 0.510. The Labute approximate surface area is 116 Å². The van der Waals surface area contributed by atoms with Crippen LogP contribution in [-0.4, -0.2) is 22.2 Å².